The van der Waals surface area contributed by atoms with Crippen molar-refractivity contribution < 1.29 is 15.0 Å². The SMILES string of the molecule is CC(C)(O)c1cc(-c2ccnc(NC3CCCCC3)c2)nc(N2CCN(C(=O)O)CC2)c1. The molecule has 32 heavy (non-hydrogen) atoms. The van der Waals surface area contributed by atoms with Gasteiger partial charge < -0.3 is 25.3 Å². The van der Waals surface area contributed by atoms with E-state index >= 15 is 0 Å². The maximum atomic E-state index is 11.2. The zero-order valence-corrected chi connectivity index (χ0v) is 18.9. The summed E-state index contributed by atoms with van der Waals surface area (Å²) in [7, 11) is 0. The lowest BCUT2D eigenvalue weighted by Crippen LogP contribution is -2.48. The highest BCUT2D eigenvalue weighted by atomic mass is 16.4. The van der Waals surface area contributed by atoms with Crippen molar-refractivity contribution in [3.8, 4) is 11.3 Å². The maximum absolute atomic E-state index is 11.2. The van der Waals surface area contributed by atoms with Crippen molar-refractivity contribution in [3.63, 3.8) is 0 Å². The van der Waals surface area contributed by atoms with Gasteiger partial charge in [-0.2, -0.15) is 0 Å². The third kappa shape index (κ3) is 5.30. The molecular formula is C24H33N5O3. The predicted octanol–water partition coefficient (Wildman–Crippen LogP) is 3.92. The highest BCUT2D eigenvalue weighted by molar-refractivity contribution is 5.67. The summed E-state index contributed by atoms with van der Waals surface area (Å²) in [6.07, 6.45) is 7.07. The summed E-state index contributed by atoms with van der Waals surface area (Å²) >= 11 is 0. The first-order valence-corrected chi connectivity index (χ1v) is 11.5. The molecule has 4 rings (SSSR count). The van der Waals surface area contributed by atoms with Crippen molar-refractivity contribution >= 4 is 17.7 Å². The van der Waals surface area contributed by atoms with E-state index in [2.05, 4.69) is 15.2 Å². The summed E-state index contributed by atoms with van der Waals surface area (Å²) in [6, 6.07) is 8.26. The number of aromatic nitrogens is 2. The minimum atomic E-state index is -1.02. The third-order valence-electron chi connectivity index (χ3n) is 6.41. The number of nitrogens with zero attached hydrogens (tertiary/aromatic N) is 4. The van der Waals surface area contributed by atoms with Crippen LogP contribution in [0.5, 0.6) is 0 Å². The quantitative estimate of drug-likeness (QED) is 0.649. The number of hydrogen-bond donors (Lipinski definition) is 3. The molecule has 0 unspecified atom stereocenters. The molecule has 0 atom stereocenters. The summed E-state index contributed by atoms with van der Waals surface area (Å²) < 4.78 is 0. The van der Waals surface area contributed by atoms with Crippen LogP contribution in [-0.4, -0.2) is 63.4 Å². The zero-order valence-electron chi connectivity index (χ0n) is 18.9. The standard InChI is InChI=1S/C24H33N5O3/c1-24(2,32)18-15-20(27-22(16-18)28-10-12-29(13-11-28)23(30)31)17-8-9-25-21(14-17)26-19-6-4-3-5-7-19/h8-9,14-16,19,32H,3-7,10-13H2,1-2H3,(H,25,26)(H,30,31). The number of nitrogens with one attached hydrogen (secondary N) is 1. The largest absolute Gasteiger partial charge is 0.465 e. The van der Waals surface area contributed by atoms with Crippen LogP contribution < -0.4 is 10.2 Å². The number of hydrogen-bond acceptors (Lipinski definition) is 6. The Morgan fingerprint density at radius 1 is 1.09 bits per heavy atom. The van der Waals surface area contributed by atoms with Crippen molar-refractivity contribution in [1.82, 2.24) is 14.9 Å². The Hall–Kier alpha value is -2.87. The number of pyridine rings is 2. The Morgan fingerprint density at radius 3 is 2.47 bits per heavy atom. The molecule has 1 saturated carbocycles. The van der Waals surface area contributed by atoms with Crippen molar-refractivity contribution in [3.05, 3.63) is 36.0 Å². The highest BCUT2D eigenvalue weighted by Crippen LogP contribution is 2.30. The fourth-order valence-electron chi connectivity index (χ4n) is 4.43. The van der Waals surface area contributed by atoms with Gasteiger partial charge >= 0.3 is 6.09 Å². The van der Waals surface area contributed by atoms with Gasteiger partial charge in [-0.25, -0.2) is 14.8 Å². The van der Waals surface area contributed by atoms with Crippen LogP contribution in [0.1, 0.15) is 51.5 Å². The van der Waals surface area contributed by atoms with Gasteiger partial charge in [0, 0.05) is 44.0 Å². The fraction of sp³-hybridized carbons (Fsp3) is 0.542. The average Bonchev–Trinajstić information content (AvgIpc) is 2.79. The Morgan fingerprint density at radius 2 is 1.81 bits per heavy atom. The molecule has 0 bridgehead atoms. The number of carbonyl (C=O) groups is 1. The van der Waals surface area contributed by atoms with Crippen molar-refractivity contribution in [1.29, 1.82) is 0 Å². The summed E-state index contributed by atoms with van der Waals surface area (Å²) in [6.45, 7) is 5.53. The van der Waals surface area contributed by atoms with E-state index in [-0.39, 0.29) is 0 Å². The molecule has 2 fully saturated rings. The fourth-order valence-corrected chi connectivity index (χ4v) is 4.43. The second-order valence-electron chi connectivity index (χ2n) is 9.32. The molecule has 1 aliphatic heterocycles. The van der Waals surface area contributed by atoms with Gasteiger partial charge in [-0.05, 0) is 56.5 Å². The first kappa shape index (κ1) is 22.3. The topological polar surface area (TPSA) is 102 Å². The molecule has 0 radical (unpaired) electrons. The van der Waals surface area contributed by atoms with Crippen molar-refractivity contribution in [2.24, 2.45) is 0 Å². The Kier molecular flexibility index (Phi) is 6.50. The van der Waals surface area contributed by atoms with E-state index in [0.717, 1.165) is 28.5 Å². The predicted molar refractivity (Wildman–Crippen MR) is 125 cm³/mol. The molecule has 2 aliphatic rings. The molecule has 1 saturated heterocycles. The van der Waals surface area contributed by atoms with Crippen LogP contribution in [0.4, 0.5) is 16.4 Å². The lowest BCUT2D eigenvalue weighted by atomic mass is 9.95. The van der Waals surface area contributed by atoms with Crippen LogP contribution in [-0.2, 0) is 5.60 Å². The number of amides is 1. The van der Waals surface area contributed by atoms with Crippen LogP contribution >= 0.6 is 0 Å². The number of anilines is 2. The van der Waals surface area contributed by atoms with Crippen LogP contribution in [0.3, 0.4) is 0 Å². The van der Waals surface area contributed by atoms with Crippen LogP contribution in [0.25, 0.3) is 11.3 Å². The summed E-state index contributed by atoms with van der Waals surface area (Å²) in [5.41, 5.74) is 1.46. The zero-order chi connectivity index (χ0) is 22.7. The molecule has 2 aromatic rings. The second kappa shape index (κ2) is 9.32. The van der Waals surface area contributed by atoms with E-state index in [4.69, 9.17) is 4.98 Å². The molecule has 8 heteroatoms. The molecule has 0 spiro atoms. The van der Waals surface area contributed by atoms with Gasteiger partial charge in [-0.3, -0.25) is 0 Å². The monoisotopic (exact) mass is 439 g/mol. The first-order valence-electron chi connectivity index (χ1n) is 11.5. The van der Waals surface area contributed by atoms with Gasteiger partial charge in [0.25, 0.3) is 0 Å². The molecule has 3 N–H and O–H groups in total. The molecule has 0 aromatic carbocycles. The van der Waals surface area contributed by atoms with Gasteiger partial charge in [-0.15, -0.1) is 0 Å². The molecule has 2 aromatic heterocycles. The summed E-state index contributed by atoms with van der Waals surface area (Å²) in [5, 5.41) is 23.5. The van der Waals surface area contributed by atoms with Crippen molar-refractivity contribution in [2.75, 3.05) is 36.4 Å². The molecular weight excluding hydrogens is 406 g/mol. The van der Waals surface area contributed by atoms with Crippen LogP contribution in [0.15, 0.2) is 30.5 Å². The van der Waals surface area contributed by atoms with Crippen LogP contribution in [0, 0.1) is 0 Å². The molecule has 172 valence electrons. The van der Waals surface area contributed by atoms with Gasteiger partial charge in [0.2, 0.25) is 0 Å². The number of piperazine rings is 1. The van der Waals surface area contributed by atoms with E-state index in [9.17, 15) is 15.0 Å². The van der Waals surface area contributed by atoms with Gasteiger partial charge in [-0.1, -0.05) is 19.3 Å². The Labute approximate surface area is 189 Å². The molecule has 8 nitrogen and oxygen atoms in total. The number of aliphatic hydroxyl groups is 1. The highest BCUT2D eigenvalue weighted by Gasteiger charge is 2.25. The second-order valence-corrected chi connectivity index (χ2v) is 9.32. The number of rotatable bonds is 5. The Balaban J connectivity index is 1.61. The lowest BCUT2D eigenvalue weighted by Gasteiger charge is -2.34. The molecule has 1 amide bonds. The first-order chi connectivity index (χ1) is 15.3. The van der Waals surface area contributed by atoms with Gasteiger partial charge in [0.05, 0.1) is 11.3 Å². The lowest BCUT2D eigenvalue weighted by molar-refractivity contribution is 0.0786. The summed E-state index contributed by atoms with van der Waals surface area (Å²) in [5.74, 6) is 1.60. The van der Waals surface area contributed by atoms with E-state index in [1.54, 1.807) is 20.0 Å². The van der Waals surface area contributed by atoms with Crippen molar-refractivity contribution in [2.45, 2.75) is 57.6 Å². The Bertz CT molecular complexity index is 945. The number of carboxylic acid groups (broad SMARTS) is 1. The van der Waals surface area contributed by atoms with E-state index in [1.165, 1.54) is 37.0 Å². The normalized spacial score (nSPS) is 18.0. The van der Waals surface area contributed by atoms with Crippen LogP contribution in [0.2, 0.25) is 0 Å². The van der Waals surface area contributed by atoms with E-state index in [1.807, 2.05) is 24.3 Å². The van der Waals surface area contributed by atoms with Gasteiger partial charge in [0.1, 0.15) is 11.6 Å². The minimum Gasteiger partial charge on any atom is -0.465 e. The van der Waals surface area contributed by atoms with E-state index < -0.39 is 11.7 Å². The molecule has 3 heterocycles. The molecule has 1 aliphatic carbocycles. The minimum absolute atomic E-state index is 0.434. The average molecular weight is 440 g/mol. The van der Waals surface area contributed by atoms with Gasteiger partial charge in [0.15, 0.2) is 0 Å². The smallest absolute Gasteiger partial charge is 0.407 e. The summed E-state index contributed by atoms with van der Waals surface area (Å²) in [4.78, 5) is 24.1. The third-order valence-corrected chi connectivity index (χ3v) is 6.41. The van der Waals surface area contributed by atoms with E-state index in [0.29, 0.717) is 32.2 Å². The maximum Gasteiger partial charge on any atom is 0.407 e.